The third-order valence-electron chi connectivity index (χ3n) is 2.41. The first-order chi connectivity index (χ1) is 7.49. The molecule has 0 heterocycles. The van der Waals surface area contributed by atoms with Crippen molar-refractivity contribution in [2.24, 2.45) is 0 Å². The monoisotopic (exact) mass is 220 g/mol. The van der Waals surface area contributed by atoms with Crippen LogP contribution < -0.4 is 4.74 Å². The highest BCUT2D eigenvalue weighted by Gasteiger charge is 2.08. The summed E-state index contributed by atoms with van der Waals surface area (Å²) >= 11 is 0. The predicted molar refractivity (Wildman–Crippen MR) is 65.9 cm³/mol. The van der Waals surface area contributed by atoms with Crippen LogP contribution in [-0.2, 0) is 4.79 Å². The van der Waals surface area contributed by atoms with Crippen LogP contribution in [0, 0.1) is 0 Å². The first-order valence-corrected chi connectivity index (χ1v) is 5.75. The molecule has 2 nitrogen and oxygen atoms in total. The van der Waals surface area contributed by atoms with Crippen LogP contribution in [0.4, 0.5) is 0 Å². The lowest BCUT2D eigenvalue weighted by Gasteiger charge is -2.13. The number of ketones is 1. The van der Waals surface area contributed by atoms with E-state index in [0.717, 1.165) is 5.75 Å². The number of benzene rings is 1. The van der Waals surface area contributed by atoms with Crippen LogP contribution in [0.1, 0.15) is 45.6 Å². The largest absolute Gasteiger partial charge is 0.491 e. The third kappa shape index (κ3) is 4.05. The molecule has 0 N–H and O–H groups in total. The molecule has 0 aromatic heterocycles. The summed E-state index contributed by atoms with van der Waals surface area (Å²) in [5, 5.41) is 0. The fourth-order valence-electron chi connectivity index (χ4n) is 1.70. The summed E-state index contributed by atoms with van der Waals surface area (Å²) in [6.45, 7) is 7.71. The molecule has 88 valence electrons. The van der Waals surface area contributed by atoms with Gasteiger partial charge in [-0.1, -0.05) is 19.1 Å². The van der Waals surface area contributed by atoms with Crippen LogP contribution in [0.5, 0.6) is 5.75 Å². The summed E-state index contributed by atoms with van der Waals surface area (Å²) < 4.78 is 5.56. The van der Waals surface area contributed by atoms with Crippen LogP contribution in [0.25, 0.3) is 0 Å². The fraction of sp³-hybridized carbons (Fsp3) is 0.500. The molecule has 0 bridgehead atoms. The normalized spacial score (nSPS) is 12.6. The molecule has 0 saturated carbocycles. The van der Waals surface area contributed by atoms with E-state index in [1.807, 2.05) is 38.1 Å². The second-order valence-electron chi connectivity index (χ2n) is 4.54. The highest BCUT2D eigenvalue weighted by Crippen LogP contribution is 2.22. The van der Waals surface area contributed by atoms with Gasteiger partial charge in [0.25, 0.3) is 0 Å². The molecule has 1 aromatic carbocycles. The molecule has 1 rings (SSSR count). The molecule has 0 aliphatic heterocycles. The summed E-state index contributed by atoms with van der Waals surface area (Å²) in [6.07, 6.45) is 0.796. The van der Waals surface area contributed by atoms with Gasteiger partial charge in [-0.15, -0.1) is 0 Å². The van der Waals surface area contributed by atoms with E-state index in [2.05, 4.69) is 6.92 Å². The topological polar surface area (TPSA) is 26.3 Å². The summed E-state index contributed by atoms with van der Waals surface area (Å²) in [5.41, 5.74) is 1.19. The first-order valence-electron chi connectivity index (χ1n) is 5.75. The quantitative estimate of drug-likeness (QED) is 0.758. The van der Waals surface area contributed by atoms with Crippen molar-refractivity contribution < 1.29 is 9.53 Å². The number of carbonyl (C=O) groups is 1. The Kier molecular flexibility index (Phi) is 4.53. The van der Waals surface area contributed by atoms with E-state index in [1.54, 1.807) is 6.92 Å². The molecule has 0 spiro atoms. The van der Waals surface area contributed by atoms with Crippen LogP contribution in [-0.4, -0.2) is 11.9 Å². The van der Waals surface area contributed by atoms with Gasteiger partial charge in [0.15, 0.2) is 0 Å². The molecule has 0 radical (unpaired) electrons. The van der Waals surface area contributed by atoms with Crippen molar-refractivity contribution in [3.05, 3.63) is 29.8 Å². The average Bonchev–Trinajstić information content (AvgIpc) is 2.16. The summed E-state index contributed by atoms with van der Waals surface area (Å²) in [5.74, 6) is 1.40. The molecule has 0 aliphatic rings. The zero-order valence-electron chi connectivity index (χ0n) is 10.5. The van der Waals surface area contributed by atoms with Crippen molar-refractivity contribution in [1.29, 1.82) is 0 Å². The lowest BCUT2D eigenvalue weighted by Crippen LogP contribution is -2.05. The number of rotatable bonds is 5. The minimum Gasteiger partial charge on any atom is -0.491 e. The zero-order chi connectivity index (χ0) is 12.1. The molecule has 1 unspecified atom stereocenters. The van der Waals surface area contributed by atoms with Gasteiger partial charge in [-0.25, -0.2) is 0 Å². The van der Waals surface area contributed by atoms with Gasteiger partial charge < -0.3 is 9.53 Å². The highest BCUT2D eigenvalue weighted by atomic mass is 16.5. The van der Waals surface area contributed by atoms with Crippen LogP contribution in [0.3, 0.4) is 0 Å². The van der Waals surface area contributed by atoms with E-state index in [9.17, 15) is 4.79 Å². The molecule has 1 aromatic rings. The number of ether oxygens (including phenoxy) is 1. The maximum atomic E-state index is 11.0. The number of carbonyl (C=O) groups excluding carboxylic acids is 1. The Morgan fingerprint density at radius 2 is 1.75 bits per heavy atom. The summed E-state index contributed by atoms with van der Waals surface area (Å²) in [6, 6.07) is 7.99. The predicted octanol–water partition coefficient (Wildman–Crippen LogP) is 3.56. The van der Waals surface area contributed by atoms with E-state index >= 15 is 0 Å². The Morgan fingerprint density at radius 1 is 1.19 bits per heavy atom. The van der Waals surface area contributed by atoms with Gasteiger partial charge in [0.2, 0.25) is 0 Å². The molecule has 1 atom stereocenters. The average molecular weight is 220 g/mol. The second-order valence-corrected chi connectivity index (χ2v) is 4.54. The SMILES string of the molecule is CC(=O)CC(C)c1ccc(OC(C)C)cc1. The van der Waals surface area contributed by atoms with Gasteiger partial charge in [0, 0.05) is 6.42 Å². The Bertz CT molecular complexity index is 338. The standard InChI is InChI=1S/C14H20O2/c1-10(2)16-14-7-5-13(6-8-14)11(3)9-12(4)15/h5-8,10-11H,9H2,1-4H3. The van der Waals surface area contributed by atoms with Crippen LogP contribution in [0.2, 0.25) is 0 Å². The maximum absolute atomic E-state index is 11.0. The van der Waals surface area contributed by atoms with Gasteiger partial charge in [-0.05, 0) is 44.4 Å². The van der Waals surface area contributed by atoms with Crippen molar-refractivity contribution in [3.8, 4) is 5.75 Å². The Morgan fingerprint density at radius 3 is 2.19 bits per heavy atom. The van der Waals surface area contributed by atoms with Crippen molar-refractivity contribution >= 4 is 5.78 Å². The Hall–Kier alpha value is -1.31. The molecule has 16 heavy (non-hydrogen) atoms. The summed E-state index contributed by atoms with van der Waals surface area (Å²) in [4.78, 5) is 11.0. The molecule has 0 saturated heterocycles. The molecule has 0 amide bonds. The molecular weight excluding hydrogens is 200 g/mol. The maximum Gasteiger partial charge on any atom is 0.130 e. The fourth-order valence-corrected chi connectivity index (χ4v) is 1.70. The lowest BCUT2D eigenvalue weighted by atomic mass is 9.96. The van der Waals surface area contributed by atoms with Gasteiger partial charge in [-0.2, -0.15) is 0 Å². The van der Waals surface area contributed by atoms with Gasteiger partial charge in [0.05, 0.1) is 6.10 Å². The van der Waals surface area contributed by atoms with Crippen LogP contribution in [0.15, 0.2) is 24.3 Å². The van der Waals surface area contributed by atoms with Crippen LogP contribution >= 0.6 is 0 Å². The smallest absolute Gasteiger partial charge is 0.130 e. The molecule has 2 heteroatoms. The molecule has 0 fully saturated rings. The minimum atomic E-state index is 0.195. The van der Waals surface area contributed by atoms with E-state index < -0.39 is 0 Å². The van der Waals surface area contributed by atoms with Crippen molar-refractivity contribution in [1.82, 2.24) is 0 Å². The summed E-state index contributed by atoms with van der Waals surface area (Å²) in [7, 11) is 0. The van der Waals surface area contributed by atoms with Gasteiger partial charge in [0.1, 0.15) is 11.5 Å². The number of hydrogen-bond donors (Lipinski definition) is 0. The van der Waals surface area contributed by atoms with Crippen molar-refractivity contribution in [3.63, 3.8) is 0 Å². The molecular formula is C14H20O2. The second kappa shape index (κ2) is 5.69. The van der Waals surface area contributed by atoms with E-state index in [0.29, 0.717) is 6.42 Å². The van der Waals surface area contributed by atoms with Crippen molar-refractivity contribution in [2.45, 2.75) is 46.1 Å². The number of hydrogen-bond acceptors (Lipinski definition) is 2. The van der Waals surface area contributed by atoms with E-state index in [1.165, 1.54) is 5.56 Å². The lowest BCUT2D eigenvalue weighted by molar-refractivity contribution is -0.117. The minimum absolute atomic E-state index is 0.195. The first kappa shape index (κ1) is 12.8. The Balaban J connectivity index is 2.66. The Labute approximate surface area is 97.6 Å². The third-order valence-corrected chi connectivity index (χ3v) is 2.41. The molecule has 0 aliphatic carbocycles. The van der Waals surface area contributed by atoms with E-state index in [-0.39, 0.29) is 17.8 Å². The van der Waals surface area contributed by atoms with Gasteiger partial charge in [-0.3, -0.25) is 0 Å². The highest BCUT2D eigenvalue weighted by molar-refractivity contribution is 5.76. The van der Waals surface area contributed by atoms with Crippen molar-refractivity contribution in [2.75, 3.05) is 0 Å². The van der Waals surface area contributed by atoms with Gasteiger partial charge >= 0.3 is 0 Å². The zero-order valence-corrected chi connectivity index (χ0v) is 10.5. The number of Topliss-reactive ketones (excluding diaryl/α,β-unsaturated/α-hetero) is 1. The van der Waals surface area contributed by atoms with E-state index in [4.69, 9.17) is 4.74 Å².